The molecule has 2 aromatic carbocycles. The van der Waals surface area contributed by atoms with Crippen molar-refractivity contribution in [2.24, 2.45) is 0 Å². The van der Waals surface area contributed by atoms with Crippen molar-refractivity contribution in [2.45, 2.75) is 13.8 Å². The summed E-state index contributed by atoms with van der Waals surface area (Å²) < 4.78 is 0. The molecule has 0 unspecified atom stereocenters. The van der Waals surface area contributed by atoms with Crippen LogP contribution in [0.2, 0.25) is 10.0 Å². The molecule has 0 heterocycles. The molecule has 0 radical (unpaired) electrons. The maximum absolute atomic E-state index is 11.9. The number of anilines is 2. The monoisotopic (exact) mass is 322 g/mol. The van der Waals surface area contributed by atoms with Gasteiger partial charge in [0.15, 0.2) is 0 Å². The van der Waals surface area contributed by atoms with Crippen LogP contribution in [0, 0.1) is 13.8 Å². The van der Waals surface area contributed by atoms with Gasteiger partial charge in [-0.25, -0.2) is 0 Å². The minimum Gasteiger partial charge on any atom is -0.375 e. The Morgan fingerprint density at radius 3 is 2.38 bits per heavy atom. The molecular formula is C16H16Cl2N2O. The van der Waals surface area contributed by atoms with Gasteiger partial charge in [-0.3, -0.25) is 4.79 Å². The highest BCUT2D eigenvalue weighted by Gasteiger charge is 2.08. The second-order valence-electron chi connectivity index (χ2n) is 4.85. The maximum atomic E-state index is 11.9. The zero-order valence-electron chi connectivity index (χ0n) is 11.8. The largest absolute Gasteiger partial charge is 0.375 e. The molecule has 0 bridgehead atoms. The Kier molecular flexibility index (Phi) is 5.10. The SMILES string of the molecule is Cc1cc(C)c(NCC(=O)Nc2ccc(Cl)cc2)c(Cl)c1. The van der Waals surface area contributed by atoms with Crippen molar-refractivity contribution in [2.75, 3.05) is 17.2 Å². The van der Waals surface area contributed by atoms with E-state index in [2.05, 4.69) is 10.6 Å². The van der Waals surface area contributed by atoms with Crippen molar-refractivity contribution in [1.29, 1.82) is 0 Å². The number of carbonyl (C=O) groups is 1. The van der Waals surface area contributed by atoms with Crippen LogP contribution < -0.4 is 10.6 Å². The Labute approximate surface area is 134 Å². The van der Waals surface area contributed by atoms with E-state index in [1.807, 2.05) is 26.0 Å². The molecule has 0 aliphatic heterocycles. The Morgan fingerprint density at radius 2 is 1.76 bits per heavy atom. The molecule has 0 spiro atoms. The van der Waals surface area contributed by atoms with E-state index in [0.29, 0.717) is 15.7 Å². The fraction of sp³-hybridized carbons (Fsp3) is 0.188. The number of benzene rings is 2. The van der Waals surface area contributed by atoms with Gasteiger partial charge in [0, 0.05) is 10.7 Å². The molecule has 3 nitrogen and oxygen atoms in total. The third-order valence-electron chi connectivity index (χ3n) is 2.99. The van der Waals surface area contributed by atoms with Gasteiger partial charge in [-0.05, 0) is 55.3 Å². The first-order valence-corrected chi connectivity index (χ1v) is 7.27. The summed E-state index contributed by atoms with van der Waals surface area (Å²) in [6.45, 7) is 4.08. The van der Waals surface area contributed by atoms with E-state index in [1.165, 1.54) is 0 Å². The molecule has 2 aromatic rings. The smallest absolute Gasteiger partial charge is 0.243 e. The molecular weight excluding hydrogens is 307 g/mol. The van der Waals surface area contributed by atoms with Crippen molar-refractivity contribution in [1.82, 2.24) is 0 Å². The molecule has 5 heteroatoms. The van der Waals surface area contributed by atoms with Crippen LogP contribution in [0.5, 0.6) is 0 Å². The lowest BCUT2D eigenvalue weighted by atomic mass is 10.1. The van der Waals surface area contributed by atoms with Crippen LogP contribution in [-0.4, -0.2) is 12.5 Å². The Hall–Kier alpha value is -1.71. The number of hydrogen-bond donors (Lipinski definition) is 2. The standard InChI is InChI=1S/C16H16Cl2N2O/c1-10-7-11(2)16(14(18)8-10)19-9-15(21)20-13-5-3-12(17)4-6-13/h3-8,19H,9H2,1-2H3,(H,20,21). The van der Waals surface area contributed by atoms with E-state index >= 15 is 0 Å². The lowest BCUT2D eigenvalue weighted by Gasteiger charge is -2.12. The molecule has 0 atom stereocenters. The molecule has 0 saturated heterocycles. The lowest BCUT2D eigenvalue weighted by molar-refractivity contribution is -0.114. The van der Waals surface area contributed by atoms with E-state index in [9.17, 15) is 4.79 Å². The van der Waals surface area contributed by atoms with Gasteiger partial charge in [0.1, 0.15) is 0 Å². The number of carbonyl (C=O) groups excluding carboxylic acids is 1. The van der Waals surface area contributed by atoms with Crippen molar-refractivity contribution < 1.29 is 4.79 Å². The van der Waals surface area contributed by atoms with Crippen molar-refractivity contribution in [3.05, 3.63) is 57.6 Å². The summed E-state index contributed by atoms with van der Waals surface area (Å²) >= 11 is 12.0. The lowest BCUT2D eigenvalue weighted by Crippen LogP contribution is -2.22. The first-order chi connectivity index (χ1) is 9.95. The van der Waals surface area contributed by atoms with E-state index in [4.69, 9.17) is 23.2 Å². The predicted molar refractivity (Wildman–Crippen MR) is 89.5 cm³/mol. The minimum absolute atomic E-state index is 0.145. The second-order valence-corrected chi connectivity index (χ2v) is 5.69. The van der Waals surface area contributed by atoms with E-state index in [-0.39, 0.29) is 12.5 Å². The van der Waals surface area contributed by atoms with Gasteiger partial charge in [-0.1, -0.05) is 29.3 Å². The summed E-state index contributed by atoms with van der Waals surface area (Å²) in [7, 11) is 0. The highest BCUT2D eigenvalue weighted by atomic mass is 35.5. The van der Waals surface area contributed by atoms with Crippen LogP contribution in [0.4, 0.5) is 11.4 Å². The summed E-state index contributed by atoms with van der Waals surface area (Å²) in [4.78, 5) is 11.9. The number of rotatable bonds is 4. The van der Waals surface area contributed by atoms with E-state index in [1.54, 1.807) is 24.3 Å². The molecule has 0 aliphatic carbocycles. The number of nitrogens with one attached hydrogen (secondary N) is 2. The molecule has 21 heavy (non-hydrogen) atoms. The molecule has 1 amide bonds. The number of hydrogen-bond acceptors (Lipinski definition) is 2. The first-order valence-electron chi connectivity index (χ1n) is 6.52. The summed E-state index contributed by atoms with van der Waals surface area (Å²) in [6.07, 6.45) is 0. The zero-order chi connectivity index (χ0) is 15.4. The van der Waals surface area contributed by atoms with Gasteiger partial charge in [0.25, 0.3) is 0 Å². The van der Waals surface area contributed by atoms with Crippen LogP contribution in [0.3, 0.4) is 0 Å². The van der Waals surface area contributed by atoms with Gasteiger partial charge < -0.3 is 10.6 Å². The number of halogens is 2. The fourth-order valence-corrected chi connectivity index (χ4v) is 2.56. The normalized spacial score (nSPS) is 10.3. The van der Waals surface area contributed by atoms with Gasteiger partial charge in [-0.2, -0.15) is 0 Å². The van der Waals surface area contributed by atoms with Crippen molar-refractivity contribution in [3.63, 3.8) is 0 Å². The number of amides is 1. The molecule has 0 aromatic heterocycles. The third-order valence-corrected chi connectivity index (χ3v) is 3.54. The van der Waals surface area contributed by atoms with Crippen LogP contribution >= 0.6 is 23.2 Å². The van der Waals surface area contributed by atoms with Gasteiger partial charge in [0.05, 0.1) is 17.3 Å². The Balaban J connectivity index is 1.97. The Morgan fingerprint density at radius 1 is 1.10 bits per heavy atom. The average molecular weight is 323 g/mol. The molecule has 2 N–H and O–H groups in total. The molecule has 110 valence electrons. The fourth-order valence-electron chi connectivity index (χ4n) is 2.05. The zero-order valence-corrected chi connectivity index (χ0v) is 13.3. The molecule has 0 fully saturated rings. The predicted octanol–water partition coefficient (Wildman–Crippen LogP) is 4.66. The van der Waals surface area contributed by atoms with Crippen molar-refractivity contribution >= 4 is 40.5 Å². The van der Waals surface area contributed by atoms with Crippen LogP contribution in [0.25, 0.3) is 0 Å². The quantitative estimate of drug-likeness (QED) is 0.859. The summed E-state index contributed by atoms with van der Waals surface area (Å²) in [5, 5.41) is 7.11. The number of aryl methyl sites for hydroxylation is 2. The molecule has 0 aliphatic rings. The van der Waals surface area contributed by atoms with Gasteiger partial charge >= 0.3 is 0 Å². The summed E-state index contributed by atoms with van der Waals surface area (Å²) in [6, 6.07) is 10.9. The molecule has 2 rings (SSSR count). The van der Waals surface area contributed by atoms with Gasteiger partial charge in [0.2, 0.25) is 5.91 Å². The first kappa shape index (κ1) is 15.7. The maximum Gasteiger partial charge on any atom is 0.243 e. The van der Waals surface area contributed by atoms with Crippen LogP contribution in [0.15, 0.2) is 36.4 Å². The topological polar surface area (TPSA) is 41.1 Å². The highest BCUT2D eigenvalue weighted by molar-refractivity contribution is 6.33. The van der Waals surface area contributed by atoms with E-state index in [0.717, 1.165) is 16.8 Å². The summed E-state index contributed by atoms with van der Waals surface area (Å²) in [5.41, 5.74) is 3.60. The van der Waals surface area contributed by atoms with E-state index < -0.39 is 0 Å². The second kappa shape index (κ2) is 6.83. The average Bonchev–Trinajstić information content (AvgIpc) is 2.40. The minimum atomic E-state index is -0.145. The van der Waals surface area contributed by atoms with Crippen LogP contribution in [-0.2, 0) is 4.79 Å². The summed E-state index contributed by atoms with van der Waals surface area (Å²) in [5.74, 6) is -0.145. The van der Waals surface area contributed by atoms with Crippen molar-refractivity contribution in [3.8, 4) is 0 Å². The van der Waals surface area contributed by atoms with Gasteiger partial charge in [-0.15, -0.1) is 0 Å². The third kappa shape index (κ3) is 4.38. The molecule has 0 saturated carbocycles. The highest BCUT2D eigenvalue weighted by Crippen LogP contribution is 2.27. The van der Waals surface area contributed by atoms with Crippen LogP contribution in [0.1, 0.15) is 11.1 Å². The Bertz CT molecular complexity index is 631.